The summed E-state index contributed by atoms with van der Waals surface area (Å²) in [6.45, 7) is 3.94. The SMILES string of the molecule is CCc1ccc(OCc2c(NC(=O)SC)cccc2C(F)F)c(C)c1. The number of anilines is 1. The molecule has 0 aliphatic heterocycles. The van der Waals surface area contributed by atoms with E-state index in [0.29, 0.717) is 17.0 Å². The summed E-state index contributed by atoms with van der Waals surface area (Å²) < 4.78 is 32.5. The van der Waals surface area contributed by atoms with Crippen molar-refractivity contribution in [2.75, 3.05) is 11.6 Å². The van der Waals surface area contributed by atoms with Crippen molar-refractivity contribution < 1.29 is 18.3 Å². The van der Waals surface area contributed by atoms with E-state index in [-0.39, 0.29) is 17.4 Å². The summed E-state index contributed by atoms with van der Waals surface area (Å²) >= 11 is 0.985. The molecule has 0 spiro atoms. The molecule has 0 atom stereocenters. The molecule has 0 unspecified atom stereocenters. The fourth-order valence-corrected chi connectivity index (χ4v) is 2.70. The molecule has 0 aliphatic carbocycles. The number of carbonyl (C=O) groups is 1. The van der Waals surface area contributed by atoms with E-state index in [4.69, 9.17) is 4.74 Å². The maximum atomic E-state index is 13.4. The normalized spacial score (nSPS) is 10.8. The highest BCUT2D eigenvalue weighted by Crippen LogP contribution is 2.31. The molecule has 0 radical (unpaired) electrons. The van der Waals surface area contributed by atoms with Gasteiger partial charge in [-0.15, -0.1) is 0 Å². The lowest BCUT2D eigenvalue weighted by molar-refractivity contribution is 0.148. The van der Waals surface area contributed by atoms with Gasteiger partial charge in [0.2, 0.25) is 0 Å². The van der Waals surface area contributed by atoms with Crippen molar-refractivity contribution >= 4 is 22.7 Å². The molecule has 134 valence electrons. The third kappa shape index (κ3) is 4.95. The molecule has 0 aliphatic rings. The Morgan fingerprint density at radius 3 is 2.64 bits per heavy atom. The number of nitrogens with one attached hydrogen (secondary N) is 1. The van der Waals surface area contributed by atoms with Crippen molar-refractivity contribution in [1.82, 2.24) is 0 Å². The van der Waals surface area contributed by atoms with Crippen molar-refractivity contribution in [3.63, 3.8) is 0 Å². The second-order valence-electron chi connectivity index (χ2n) is 5.53. The van der Waals surface area contributed by atoms with E-state index in [0.717, 1.165) is 23.7 Å². The molecule has 0 saturated heterocycles. The zero-order valence-electron chi connectivity index (χ0n) is 14.4. The van der Waals surface area contributed by atoms with E-state index >= 15 is 0 Å². The van der Waals surface area contributed by atoms with Gasteiger partial charge in [-0.3, -0.25) is 4.79 Å². The van der Waals surface area contributed by atoms with Gasteiger partial charge in [0.25, 0.3) is 11.7 Å². The van der Waals surface area contributed by atoms with Crippen molar-refractivity contribution in [1.29, 1.82) is 0 Å². The van der Waals surface area contributed by atoms with Crippen LogP contribution in [0.25, 0.3) is 0 Å². The molecule has 1 N–H and O–H groups in total. The Morgan fingerprint density at radius 1 is 1.28 bits per heavy atom. The quantitative estimate of drug-likeness (QED) is 0.685. The van der Waals surface area contributed by atoms with Crippen LogP contribution in [0, 0.1) is 6.92 Å². The minimum Gasteiger partial charge on any atom is -0.489 e. The number of ether oxygens (including phenoxy) is 1. The van der Waals surface area contributed by atoms with Crippen LogP contribution in [-0.2, 0) is 13.0 Å². The molecule has 0 heterocycles. The number of benzene rings is 2. The van der Waals surface area contributed by atoms with Crippen molar-refractivity contribution in [2.45, 2.75) is 33.3 Å². The van der Waals surface area contributed by atoms with Gasteiger partial charge in [0, 0.05) is 16.8 Å². The van der Waals surface area contributed by atoms with Crippen molar-refractivity contribution in [2.24, 2.45) is 0 Å². The first kappa shape index (κ1) is 19.2. The largest absolute Gasteiger partial charge is 0.489 e. The van der Waals surface area contributed by atoms with Crippen LogP contribution in [0.5, 0.6) is 5.75 Å². The number of halogens is 2. The van der Waals surface area contributed by atoms with Crippen LogP contribution in [0.4, 0.5) is 19.3 Å². The van der Waals surface area contributed by atoms with E-state index in [2.05, 4.69) is 12.2 Å². The first-order valence-electron chi connectivity index (χ1n) is 7.93. The molecule has 0 bridgehead atoms. The van der Waals surface area contributed by atoms with E-state index in [1.54, 1.807) is 12.3 Å². The first-order chi connectivity index (χ1) is 12.0. The van der Waals surface area contributed by atoms with Crippen LogP contribution in [0.2, 0.25) is 0 Å². The van der Waals surface area contributed by atoms with Crippen molar-refractivity contribution in [3.05, 3.63) is 58.7 Å². The van der Waals surface area contributed by atoms with Gasteiger partial charge in [-0.2, -0.15) is 0 Å². The highest BCUT2D eigenvalue weighted by Gasteiger charge is 2.18. The number of hydrogen-bond acceptors (Lipinski definition) is 3. The fraction of sp³-hybridized carbons (Fsp3) is 0.316. The number of thioether (sulfide) groups is 1. The first-order valence-corrected chi connectivity index (χ1v) is 9.16. The lowest BCUT2D eigenvalue weighted by atomic mass is 10.1. The summed E-state index contributed by atoms with van der Waals surface area (Å²) in [5.74, 6) is 0.642. The topological polar surface area (TPSA) is 38.3 Å². The fourth-order valence-electron chi connectivity index (χ4n) is 2.49. The van der Waals surface area contributed by atoms with Crippen LogP contribution in [0.1, 0.15) is 35.6 Å². The third-order valence-corrected chi connectivity index (χ3v) is 4.36. The van der Waals surface area contributed by atoms with Gasteiger partial charge >= 0.3 is 0 Å². The molecular formula is C19H21F2NO2S. The van der Waals surface area contributed by atoms with Gasteiger partial charge in [0.05, 0.1) is 0 Å². The summed E-state index contributed by atoms with van der Waals surface area (Å²) in [7, 11) is 0. The van der Waals surface area contributed by atoms with Gasteiger partial charge in [0.15, 0.2) is 0 Å². The maximum Gasteiger partial charge on any atom is 0.283 e. The van der Waals surface area contributed by atoms with Crippen molar-refractivity contribution in [3.8, 4) is 5.75 Å². The summed E-state index contributed by atoms with van der Waals surface area (Å²) in [6.07, 6.45) is -0.102. The Kier molecular flexibility index (Phi) is 6.82. The number of aryl methyl sites for hydroxylation is 2. The summed E-state index contributed by atoms with van der Waals surface area (Å²) in [4.78, 5) is 11.6. The van der Waals surface area contributed by atoms with Gasteiger partial charge in [-0.05, 0) is 42.9 Å². The van der Waals surface area contributed by atoms with E-state index in [1.807, 2.05) is 25.1 Å². The lowest BCUT2D eigenvalue weighted by Gasteiger charge is -2.17. The van der Waals surface area contributed by atoms with Gasteiger partial charge < -0.3 is 10.1 Å². The van der Waals surface area contributed by atoms with E-state index in [1.165, 1.54) is 17.7 Å². The molecular weight excluding hydrogens is 344 g/mol. The molecule has 2 aromatic rings. The van der Waals surface area contributed by atoms with Gasteiger partial charge in [0.1, 0.15) is 12.4 Å². The second-order valence-corrected chi connectivity index (χ2v) is 6.31. The molecule has 3 nitrogen and oxygen atoms in total. The van der Waals surface area contributed by atoms with Crippen LogP contribution >= 0.6 is 11.8 Å². The molecule has 0 fully saturated rings. The van der Waals surface area contributed by atoms with E-state index in [9.17, 15) is 13.6 Å². The number of amides is 1. The van der Waals surface area contributed by atoms with E-state index < -0.39 is 6.43 Å². The minimum atomic E-state index is -2.65. The van der Waals surface area contributed by atoms with Gasteiger partial charge in [-0.1, -0.05) is 43.0 Å². The minimum absolute atomic E-state index is 0.0448. The average molecular weight is 365 g/mol. The Hall–Kier alpha value is -2.08. The number of rotatable bonds is 6. The van der Waals surface area contributed by atoms with Crippen LogP contribution in [0.3, 0.4) is 0 Å². The summed E-state index contributed by atoms with van der Waals surface area (Å²) in [6, 6.07) is 10.3. The Morgan fingerprint density at radius 2 is 2.04 bits per heavy atom. The zero-order valence-corrected chi connectivity index (χ0v) is 15.3. The molecule has 0 aromatic heterocycles. The zero-order chi connectivity index (χ0) is 18.4. The molecule has 2 rings (SSSR count). The average Bonchev–Trinajstić information content (AvgIpc) is 2.60. The van der Waals surface area contributed by atoms with Crippen LogP contribution in [-0.4, -0.2) is 11.5 Å². The Balaban J connectivity index is 2.29. The number of alkyl halides is 2. The summed E-state index contributed by atoms with van der Waals surface area (Å²) in [5.41, 5.74) is 2.63. The second kappa shape index (κ2) is 8.85. The number of hydrogen-bond donors (Lipinski definition) is 1. The molecule has 2 aromatic carbocycles. The number of carbonyl (C=O) groups excluding carboxylic acids is 1. The molecule has 25 heavy (non-hydrogen) atoms. The summed E-state index contributed by atoms with van der Waals surface area (Å²) in [5, 5.41) is 2.33. The molecule has 0 saturated carbocycles. The third-order valence-electron chi connectivity index (χ3n) is 3.89. The molecule has 1 amide bonds. The molecule has 6 heteroatoms. The lowest BCUT2D eigenvalue weighted by Crippen LogP contribution is -2.10. The predicted octanol–water partition coefficient (Wildman–Crippen LogP) is 5.97. The monoisotopic (exact) mass is 365 g/mol. The van der Waals surface area contributed by atoms with Crippen LogP contribution < -0.4 is 10.1 Å². The van der Waals surface area contributed by atoms with Crippen LogP contribution in [0.15, 0.2) is 36.4 Å². The van der Waals surface area contributed by atoms with Gasteiger partial charge in [-0.25, -0.2) is 8.78 Å². The predicted molar refractivity (Wildman–Crippen MR) is 98.8 cm³/mol. The highest BCUT2D eigenvalue weighted by molar-refractivity contribution is 8.13. The Labute approximate surface area is 150 Å². The standard InChI is InChI=1S/C19H21F2NO2S/c1-4-13-8-9-17(12(2)10-13)24-11-15-14(18(20)21)6-5-7-16(15)22-19(23)25-3/h5-10,18H,4,11H2,1-3H3,(H,22,23). The maximum absolute atomic E-state index is 13.4. The smallest absolute Gasteiger partial charge is 0.283 e. The highest BCUT2D eigenvalue weighted by atomic mass is 32.2. The Bertz CT molecular complexity index is 750.